The van der Waals surface area contributed by atoms with E-state index in [-0.39, 0.29) is 5.91 Å². The molecule has 1 amide bonds. The van der Waals surface area contributed by atoms with Crippen LogP contribution in [0.25, 0.3) is 16.7 Å². The molecule has 196 valence electrons. The molecule has 0 saturated carbocycles. The summed E-state index contributed by atoms with van der Waals surface area (Å²) in [6, 6.07) is 23.0. The molecule has 1 N–H and O–H groups in total. The Morgan fingerprint density at radius 3 is 2.55 bits per heavy atom. The maximum Gasteiger partial charge on any atom is 0.256 e. The molecule has 0 unspecified atom stereocenters. The van der Waals surface area contributed by atoms with Crippen LogP contribution in [0.1, 0.15) is 32.7 Å². The summed E-state index contributed by atoms with van der Waals surface area (Å²) >= 11 is 0. The first-order valence-corrected chi connectivity index (χ1v) is 13.3. The largest absolute Gasteiger partial charge is 0.354 e. The molecule has 9 heteroatoms. The number of piperazine rings is 1. The number of nitrogens with zero attached hydrogens (tertiary/aromatic N) is 7. The van der Waals surface area contributed by atoms with Crippen LogP contribution in [0.15, 0.2) is 79.4 Å². The molecule has 0 bridgehead atoms. The summed E-state index contributed by atoms with van der Waals surface area (Å²) in [6.45, 7) is 4.55. The smallest absolute Gasteiger partial charge is 0.256 e. The number of rotatable bonds is 6. The van der Waals surface area contributed by atoms with E-state index in [0.29, 0.717) is 11.6 Å². The fourth-order valence-electron chi connectivity index (χ4n) is 5.61. The first-order chi connectivity index (χ1) is 19.6. The predicted molar refractivity (Wildman–Crippen MR) is 153 cm³/mol. The average molecular weight is 527 g/mol. The van der Waals surface area contributed by atoms with Crippen molar-refractivity contribution in [1.29, 1.82) is 5.26 Å². The SMILES string of the molecule is N#Cc1cn(-c2nccc(N3CCN(Cc4ccc(Cc5ccc6c7c(cccc57)C(=O)N6)cc4)CC3)n2)cn1. The summed E-state index contributed by atoms with van der Waals surface area (Å²) < 4.78 is 1.67. The molecule has 9 nitrogen and oxygen atoms in total. The minimum Gasteiger partial charge on any atom is -0.354 e. The van der Waals surface area contributed by atoms with E-state index in [1.807, 2.05) is 30.3 Å². The number of carbonyl (C=O) groups excluding carboxylic acids is 1. The Balaban J connectivity index is 0.979. The standard InChI is InChI=1S/C31H26N8O/c32-17-24-19-39(20-34-24)31-33-11-10-28(36-31)38-14-12-37(13-15-38)18-22-6-4-21(5-7-22)16-23-8-9-27-29-25(23)2-1-3-26(29)30(40)35-27/h1-11,19-20H,12-16,18H2,(H,35,40). The topological polar surface area (TPSA) is 103 Å². The molecular formula is C31H26N8O. The lowest BCUT2D eigenvalue weighted by Gasteiger charge is -2.35. The van der Waals surface area contributed by atoms with E-state index in [1.165, 1.54) is 16.7 Å². The van der Waals surface area contributed by atoms with E-state index in [1.54, 1.807) is 23.3 Å². The van der Waals surface area contributed by atoms with Crippen molar-refractivity contribution in [3.05, 3.63) is 107 Å². The van der Waals surface area contributed by atoms with Gasteiger partial charge in [-0.1, -0.05) is 42.5 Å². The second-order valence-corrected chi connectivity index (χ2v) is 10.2. The molecule has 0 radical (unpaired) electrons. The average Bonchev–Trinajstić information content (AvgIpc) is 3.61. The van der Waals surface area contributed by atoms with E-state index in [0.717, 1.165) is 67.0 Å². The minimum absolute atomic E-state index is 0.0191. The number of nitriles is 1. The number of amides is 1. The van der Waals surface area contributed by atoms with E-state index < -0.39 is 0 Å². The number of nitrogens with one attached hydrogen (secondary N) is 1. The summed E-state index contributed by atoms with van der Waals surface area (Å²) in [4.78, 5) is 30.1. The lowest BCUT2D eigenvalue weighted by Crippen LogP contribution is -2.46. The molecule has 4 heterocycles. The van der Waals surface area contributed by atoms with Gasteiger partial charge >= 0.3 is 0 Å². The van der Waals surface area contributed by atoms with Crippen LogP contribution in [0.5, 0.6) is 0 Å². The summed E-state index contributed by atoms with van der Waals surface area (Å²) in [5.74, 6) is 1.37. The summed E-state index contributed by atoms with van der Waals surface area (Å²) in [5, 5.41) is 14.2. The van der Waals surface area contributed by atoms with Crippen molar-refractivity contribution in [2.45, 2.75) is 13.0 Å². The molecule has 5 aromatic rings. The molecular weight excluding hydrogens is 500 g/mol. The van der Waals surface area contributed by atoms with Gasteiger partial charge in [0.15, 0.2) is 5.69 Å². The van der Waals surface area contributed by atoms with Crippen LogP contribution >= 0.6 is 0 Å². The predicted octanol–water partition coefficient (Wildman–Crippen LogP) is 4.17. The zero-order valence-electron chi connectivity index (χ0n) is 21.8. The molecule has 0 aliphatic carbocycles. The van der Waals surface area contributed by atoms with Crippen molar-refractivity contribution in [3.63, 3.8) is 0 Å². The van der Waals surface area contributed by atoms with Gasteiger partial charge in [0.05, 0.1) is 0 Å². The number of aromatic nitrogens is 4. The maximum absolute atomic E-state index is 12.2. The van der Waals surface area contributed by atoms with Crippen LogP contribution in [0.3, 0.4) is 0 Å². The van der Waals surface area contributed by atoms with E-state index in [4.69, 9.17) is 10.2 Å². The highest BCUT2D eigenvalue weighted by Crippen LogP contribution is 2.35. The Kier molecular flexibility index (Phi) is 5.95. The van der Waals surface area contributed by atoms with Gasteiger partial charge in [-0.05, 0) is 46.7 Å². The van der Waals surface area contributed by atoms with Crippen molar-refractivity contribution < 1.29 is 4.79 Å². The Morgan fingerprint density at radius 1 is 0.925 bits per heavy atom. The number of benzene rings is 3. The van der Waals surface area contributed by atoms with Crippen LogP contribution in [-0.2, 0) is 13.0 Å². The van der Waals surface area contributed by atoms with Crippen LogP contribution in [0.2, 0.25) is 0 Å². The molecule has 1 saturated heterocycles. The number of anilines is 2. The van der Waals surface area contributed by atoms with E-state index >= 15 is 0 Å². The molecule has 0 atom stereocenters. The first kappa shape index (κ1) is 24.0. The van der Waals surface area contributed by atoms with Gasteiger partial charge in [0.1, 0.15) is 18.2 Å². The Labute approximate surface area is 231 Å². The van der Waals surface area contributed by atoms with E-state index in [2.05, 4.69) is 61.5 Å². The number of hydrogen-bond acceptors (Lipinski definition) is 7. The van der Waals surface area contributed by atoms with Gasteiger partial charge < -0.3 is 10.2 Å². The van der Waals surface area contributed by atoms with Gasteiger partial charge in [-0.2, -0.15) is 10.2 Å². The summed E-state index contributed by atoms with van der Waals surface area (Å²) in [7, 11) is 0. The van der Waals surface area contributed by atoms with Crippen molar-refractivity contribution >= 4 is 28.2 Å². The van der Waals surface area contributed by atoms with Crippen molar-refractivity contribution in [1.82, 2.24) is 24.4 Å². The fourth-order valence-corrected chi connectivity index (χ4v) is 5.61. The molecule has 0 spiro atoms. The van der Waals surface area contributed by atoms with Gasteiger partial charge in [-0.25, -0.2) is 9.97 Å². The second kappa shape index (κ2) is 9.91. The third kappa shape index (κ3) is 4.44. The third-order valence-corrected chi connectivity index (χ3v) is 7.70. The van der Waals surface area contributed by atoms with Crippen LogP contribution in [-0.4, -0.2) is 56.5 Å². The van der Waals surface area contributed by atoms with Gasteiger partial charge in [-0.3, -0.25) is 14.3 Å². The first-order valence-electron chi connectivity index (χ1n) is 13.3. The molecule has 2 aliphatic rings. The van der Waals surface area contributed by atoms with Crippen LogP contribution in [0.4, 0.5) is 11.5 Å². The van der Waals surface area contributed by atoms with Crippen LogP contribution < -0.4 is 10.2 Å². The highest BCUT2D eigenvalue weighted by Gasteiger charge is 2.22. The quantitative estimate of drug-likeness (QED) is 0.354. The Morgan fingerprint density at radius 2 is 1.75 bits per heavy atom. The molecule has 40 heavy (non-hydrogen) atoms. The fraction of sp³-hybridized carbons (Fsp3) is 0.194. The highest BCUT2D eigenvalue weighted by atomic mass is 16.1. The normalized spacial score (nSPS) is 14.9. The highest BCUT2D eigenvalue weighted by molar-refractivity contribution is 6.24. The summed E-state index contributed by atoms with van der Waals surface area (Å²) in [6.07, 6.45) is 5.77. The van der Waals surface area contributed by atoms with Crippen molar-refractivity contribution in [2.24, 2.45) is 0 Å². The molecule has 7 rings (SSSR count). The lowest BCUT2D eigenvalue weighted by molar-refractivity contribution is 0.103. The van der Waals surface area contributed by atoms with Gasteiger partial charge in [0.2, 0.25) is 5.95 Å². The number of imidazole rings is 1. The van der Waals surface area contributed by atoms with Crippen LogP contribution in [0, 0.1) is 11.3 Å². The Bertz CT molecular complexity index is 1780. The molecule has 3 aromatic carbocycles. The van der Waals surface area contributed by atoms with Crippen molar-refractivity contribution in [2.75, 3.05) is 36.4 Å². The number of carbonyl (C=O) groups is 1. The minimum atomic E-state index is -0.0191. The zero-order valence-corrected chi connectivity index (χ0v) is 21.8. The monoisotopic (exact) mass is 526 g/mol. The zero-order chi connectivity index (χ0) is 27.1. The summed E-state index contributed by atoms with van der Waals surface area (Å²) in [5.41, 5.74) is 5.79. The molecule has 1 fully saturated rings. The Hall–Kier alpha value is -5.07. The van der Waals surface area contributed by atoms with Gasteiger partial charge in [0.25, 0.3) is 5.91 Å². The number of hydrogen-bond donors (Lipinski definition) is 1. The molecule has 2 aromatic heterocycles. The van der Waals surface area contributed by atoms with Crippen molar-refractivity contribution in [3.8, 4) is 12.0 Å². The second-order valence-electron chi connectivity index (χ2n) is 10.2. The maximum atomic E-state index is 12.2. The van der Waals surface area contributed by atoms with E-state index in [9.17, 15) is 4.79 Å². The van der Waals surface area contributed by atoms with Gasteiger partial charge in [0, 0.05) is 61.8 Å². The lowest BCUT2D eigenvalue weighted by atomic mass is 9.95. The molecule has 2 aliphatic heterocycles. The van der Waals surface area contributed by atoms with Gasteiger partial charge in [-0.15, -0.1) is 0 Å². The third-order valence-electron chi connectivity index (χ3n) is 7.70.